The molecule has 0 spiro atoms. The zero-order valence-corrected chi connectivity index (χ0v) is 12.5. The molecule has 1 N–H and O–H groups in total. The van der Waals surface area contributed by atoms with Crippen LogP contribution >= 0.6 is 0 Å². The average molecular weight is 274 g/mol. The van der Waals surface area contributed by atoms with Crippen LogP contribution in [0.5, 0.6) is 5.75 Å². The molecule has 2 aliphatic rings. The summed E-state index contributed by atoms with van der Waals surface area (Å²) in [6, 6.07) is 6.61. The number of hydrogen-bond acceptors (Lipinski definition) is 3. The molecule has 1 aromatic carbocycles. The molecular formula is C17H26N2O. The van der Waals surface area contributed by atoms with E-state index >= 15 is 0 Å². The number of nitrogens with zero attached hydrogens (tertiary/aromatic N) is 1. The van der Waals surface area contributed by atoms with Crippen molar-refractivity contribution in [1.82, 2.24) is 5.32 Å². The summed E-state index contributed by atoms with van der Waals surface area (Å²) in [6.45, 7) is 6.67. The smallest absolute Gasteiger partial charge is 0.120 e. The molecule has 1 saturated heterocycles. The monoisotopic (exact) mass is 274 g/mol. The van der Waals surface area contributed by atoms with Gasteiger partial charge in [0.25, 0.3) is 0 Å². The zero-order valence-electron chi connectivity index (χ0n) is 12.5. The van der Waals surface area contributed by atoms with Crippen molar-refractivity contribution in [3.05, 3.63) is 23.8 Å². The normalized spacial score (nSPS) is 20.9. The van der Waals surface area contributed by atoms with Gasteiger partial charge in [0.05, 0.1) is 6.10 Å². The fraction of sp³-hybridized carbons (Fsp3) is 0.647. The number of benzene rings is 1. The van der Waals surface area contributed by atoms with Crippen LogP contribution < -0.4 is 15.0 Å². The van der Waals surface area contributed by atoms with Crippen LogP contribution in [0, 0.1) is 6.92 Å². The second kappa shape index (κ2) is 6.49. The molecule has 1 heterocycles. The van der Waals surface area contributed by atoms with Crippen molar-refractivity contribution in [3.63, 3.8) is 0 Å². The number of rotatable bonds is 3. The summed E-state index contributed by atoms with van der Waals surface area (Å²) in [5, 5.41) is 3.46. The van der Waals surface area contributed by atoms with Crippen molar-refractivity contribution >= 4 is 5.69 Å². The summed E-state index contributed by atoms with van der Waals surface area (Å²) in [6.07, 6.45) is 6.75. The van der Waals surface area contributed by atoms with Crippen LogP contribution in [0.2, 0.25) is 0 Å². The van der Waals surface area contributed by atoms with Crippen LogP contribution in [-0.2, 0) is 0 Å². The molecule has 3 rings (SSSR count). The van der Waals surface area contributed by atoms with Crippen LogP contribution in [0.25, 0.3) is 0 Å². The van der Waals surface area contributed by atoms with Gasteiger partial charge in [-0.1, -0.05) is 0 Å². The zero-order chi connectivity index (χ0) is 13.8. The van der Waals surface area contributed by atoms with E-state index in [4.69, 9.17) is 4.74 Å². The summed E-state index contributed by atoms with van der Waals surface area (Å²) < 4.78 is 6.09. The first kappa shape index (κ1) is 13.7. The Morgan fingerprint density at radius 3 is 2.75 bits per heavy atom. The van der Waals surface area contributed by atoms with Crippen LogP contribution in [0.4, 0.5) is 5.69 Å². The van der Waals surface area contributed by atoms with Gasteiger partial charge in [0.15, 0.2) is 0 Å². The Morgan fingerprint density at radius 1 is 1.10 bits per heavy atom. The summed E-state index contributed by atoms with van der Waals surface area (Å²) in [5.74, 6) is 1.05. The number of ether oxygens (including phenoxy) is 1. The molecule has 110 valence electrons. The third-order valence-corrected chi connectivity index (χ3v) is 4.45. The van der Waals surface area contributed by atoms with Gasteiger partial charge < -0.3 is 15.0 Å². The second-order valence-corrected chi connectivity index (χ2v) is 6.06. The van der Waals surface area contributed by atoms with Gasteiger partial charge >= 0.3 is 0 Å². The maximum Gasteiger partial charge on any atom is 0.120 e. The van der Waals surface area contributed by atoms with Gasteiger partial charge in [0.2, 0.25) is 0 Å². The van der Waals surface area contributed by atoms with Gasteiger partial charge in [-0.3, -0.25) is 0 Å². The molecule has 1 aliphatic heterocycles. The van der Waals surface area contributed by atoms with Crippen LogP contribution in [-0.4, -0.2) is 32.3 Å². The standard InChI is InChI=1S/C17H26N2O/c1-14-13-16(20-15-5-2-3-6-15)7-8-17(14)19-11-4-9-18-10-12-19/h7-8,13,15,18H,2-6,9-12H2,1H3. The number of hydrogen-bond donors (Lipinski definition) is 1. The first-order chi connectivity index (χ1) is 9.83. The number of anilines is 1. The Balaban J connectivity index is 1.69. The molecule has 0 atom stereocenters. The fourth-order valence-corrected chi connectivity index (χ4v) is 3.34. The molecule has 2 fully saturated rings. The van der Waals surface area contributed by atoms with Crippen molar-refractivity contribution in [2.45, 2.75) is 45.1 Å². The van der Waals surface area contributed by atoms with E-state index in [-0.39, 0.29) is 0 Å². The molecule has 0 aromatic heterocycles. The van der Waals surface area contributed by atoms with Gasteiger partial charge in [0.1, 0.15) is 5.75 Å². The predicted molar refractivity (Wildman–Crippen MR) is 83.8 cm³/mol. The summed E-state index contributed by atoms with van der Waals surface area (Å²) >= 11 is 0. The van der Waals surface area contributed by atoms with E-state index in [0.717, 1.165) is 31.9 Å². The predicted octanol–water partition coefficient (Wildman–Crippen LogP) is 3.12. The Morgan fingerprint density at radius 2 is 1.95 bits per heavy atom. The molecule has 20 heavy (non-hydrogen) atoms. The van der Waals surface area contributed by atoms with E-state index in [2.05, 4.69) is 35.3 Å². The maximum atomic E-state index is 6.09. The van der Waals surface area contributed by atoms with Crippen molar-refractivity contribution in [3.8, 4) is 5.75 Å². The van der Waals surface area contributed by atoms with Gasteiger partial charge in [-0.25, -0.2) is 0 Å². The Labute approximate surface area is 122 Å². The Hall–Kier alpha value is -1.22. The van der Waals surface area contributed by atoms with Crippen LogP contribution in [0.3, 0.4) is 0 Å². The highest BCUT2D eigenvalue weighted by atomic mass is 16.5. The third kappa shape index (κ3) is 3.26. The summed E-state index contributed by atoms with van der Waals surface area (Å²) in [4.78, 5) is 2.49. The lowest BCUT2D eigenvalue weighted by Crippen LogP contribution is -2.28. The molecule has 1 saturated carbocycles. The molecular weight excluding hydrogens is 248 g/mol. The lowest BCUT2D eigenvalue weighted by atomic mass is 10.1. The fourth-order valence-electron chi connectivity index (χ4n) is 3.34. The van der Waals surface area contributed by atoms with E-state index in [1.54, 1.807) is 0 Å². The van der Waals surface area contributed by atoms with Crippen molar-refractivity contribution < 1.29 is 4.74 Å². The van der Waals surface area contributed by atoms with E-state index in [0.29, 0.717) is 6.10 Å². The molecule has 1 aliphatic carbocycles. The van der Waals surface area contributed by atoms with Crippen molar-refractivity contribution in [2.24, 2.45) is 0 Å². The first-order valence-electron chi connectivity index (χ1n) is 8.06. The first-order valence-corrected chi connectivity index (χ1v) is 8.06. The van der Waals surface area contributed by atoms with Gasteiger partial charge in [-0.15, -0.1) is 0 Å². The van der Waals surface area contributed by atoms with Gasteiger partial charge in [0, 0.05) is 25.3 Å². The molecule has 0 radical (unpaired) electrons. The summed E-state index contributed by atoms with van der Waals surface area (Å²) in [5.41, 5.74) is 2.70. The molecule has 0 amide bonds. The maximum absolute atomic E-state index is 6.09. The third-order valence-electron chi connectivity index (χ3n) is 4.45. The molecule has 3 nitrogen and oxygen atoms in total. The van der Waals surface area contributed by atoms with Gasteiger partial charge in [-0.2, -0.15) is 0 Å². The quantitative estimate of drug-likeness (QED) is 0.916. The minimum atomic E-state index is 0.447. The Kier molecular flexibility index (Phi) is 4.46. The highest BCUT2D eigenvalue weighted by Gasteiger charge is 2.17. The van der Waals surface area contributed by atoms with E-state index in [1.165, 1.54) is 43.4 Å². The van der Waals surface area contributed by atoms with E-state index in [9.17, 15) is 0 Å². The SMILES string of the molecule is Cc1cc(OC2CCCC2)ccc1N1CCCNCC1. The second-order valence-electron chi connectivity index (χ2n) is 6.06. The summed E-state index contributed by atoms with van der Waals surface area (Å²) in [7, 11) is 0. The highest BCUT2D eigenvalue weighted by Crippen LogP contribution is 2.28. The van der Waals surface area contributed by atoms with E-state index in [1.807, 2.05) is 0 Å². The lowest BCUT2D eigenvalue weighted by molar-refractivity contribution is 0.210. The topological polar surface area (TPSA) is 24.5 Å². The number of nitrogens with one attached hydrogen (secondary N) is 1. The molecule has 0 bridgehead atoms. The molecule has 0 unspecified atom stereocenters. The van der Waals surface area contributed by atoms with E-state index < -0.39 is 0 Å². The minimum Gasteiger partial charge on any atom is -0.490 e. The minimum absolute atomic E-state index is 0.447. The lowest BCUT2D eigenvalue weighted by Gasteiger charge is -2.25. The molecule has 3 heteroatoms. The van der Waals surface area contributed by atoms with Crippen LogP contribution in [0.1, 0.15) is 37.7 Å². The van der Waals surface area contributed by atoms with Crippen molar-refractivity contribution in [1.29, 1.82) is 0 Å². The number of aryl methyl sites for hydroxylation is 1. The average Bonchev–Trinajstić information content (AvgIpc) is 2.80. The molecule has 1 aromatic rings. The highest BCUT2D eigenvalue weighted by molar-refractivity contribution is 5.56. The van der Waals surface area contributed by atoms with Crippen molar-refractivity contribution in [2.75, 3.05) is 31.1 Å². The van der Waals surface area contributed by atoms with Gasteiger partial charge in [-0.05, 0) is 69.3 Å². The van der Waals surface area contributed by atoms with Crippen LogP contribution in [0.15, 0.2) is 18.2 Å². The largest absolute Gasteiger partial charge is 0.490 e. The Bertz CT molecular complexity index is 433.